The Morgan fingerprint density at radius 2 is 2.16 bits per heavy atom. The molecule has 2 unspecified atom stereocenters. The average molecular weight is 325 g/mol. The summed E-state index contributed by atoms with van der Waals surface area (Å²) in [7, 11) is 0. The van der Waals surface area contributed by atoms with Crippen molar-refractivity contribution in [1.82, 2.24) is 4.90 Å². The maximum absolute atomic E-state index is 12.4. The Bertz CT molecular complexity index is 450. The van der Waals surface area contributed by atoms with Gasteiger partial charge in [0.25, 0.3) is 0 Å². The van der Waals surface area contributed by atoms with Gasteiger partial charge in [0.1, 0.15) is 0 Å². The van der Waals surface area contributed by atoms with Crippen LogP contribution in [-0.2, 0) is 0 Å². The molecule has 2 amide bonds. The summed E-state index contributed by atoms with van der Waals surface area (Å²) in [5, 5.41) is 2.99. The van der Waals surface area contributed by atoms with Gasteiger partial charge in [-0.1, -0.05) is 35.3 Å². The third-order valence-corrected chi connectivity index (χ3v) is 4.19. The van der Waals surface area contributed by atoms with Crippen molar-refractivity contribution in [2.75, 3.05) is 11.9 Å². The molecular formula is C15H21BrN2O. The van der Waals surface area contributed by atoms with Crippen molar-refractivity contribution >= 4 is 27.6 Å². The number of amides is 2. The van der Waals surface area contributed by atoms with Crippen LogP contribution in [0.2, 0.25) is 0 Å². The summed E-state index contributed by atoms with van der Waals surface area (Å²) in [6.45, 7) is 5.21. The fourth-order valence-electron chi connectivity index (χ4n) is 2.57. The van der Waals surface area contributed by atoms with Gasteiger partial charge in [0.15, 0.2) is 0 Å². The number of nitrogens with zero attached hydrogens (tertiary/aromatic N) is 1. The number of carbonyl (C=O) groups is 1. The standard InChI is InChI=1S/C15H21BrN2O/c1-11-5-3-6-12(2)18(10-11)15(19)17-14-8-4-7-13(16)9-14/h4,7-9,11-12H,3,5-6,10H2,1-2H3,(H,17,19). The van der Waals surface area contributed by atoms with Crippen molar-refractivity contribution in [1.29, 1.82) is 0 Å². The summed E-state index contributed by atoms with van der Waals surface area (Å²) in [6.07, 6.45) is 3.52. The predicted molar refractivity (Wildman–Crippen MR) is 82.3 cm³/mol. The van der Waals surface area contributed by atoms with E-state index >= 15 is 0 Å². The van der Waals surface area contributed by atoms with Gasteiger partial charge in [-0.25, -0.2) is 4.79 Å². The van der Waals surface area contributed by atoms with Gasteiger partial charge >= 0.3 is 6.03 Å². The molecule has 2 rings (SSSR count). The predicted octanol–water partition coefficient (Wildman–Crippen LogP) is 4.49. The highest BCUT2D eigenvalue weighted by molar-refractivity contribution is 9.10. The van der Waals surface area contributed by atoms with E-state index in [0.717, 1.165) is 23.1 Å². The van der Waals surface area contributed by atoms with Gasteiger partial charge in [-0.3, -0.25) is 0 Å². The van der Waals surface area contributed by atoms with E-state index in [2.05, 4.69) is 35.1 Å². The number of urea groups is 1. The van der Waals surface area contributed by atoms with Crippen LogP contribution in [-0.4, -0.2) is 23.5 Å². The van der Waals surface area contributed by atoms with Crippen molar-refractivity contribution in [3.63, 3.8) is 0 Å². The molecule has 3 nitrogen and oxygen atoms in total. The number of hydrogen-bond acceptors (Lipinski definition) is 1. The summed E-state index contributed by atoms with van der Waals surface area (Å²) >= 11 is 3.42. The van der Waals surface area contributed by atoms with E-state index in [1.165, 1.54) is 12.8 Å². The van der Waals surface area contributed by atoms with E-state index in [1.807, 2.05) is 29.2 Å². The zero-order chi connectivity index (χ0) is 13.8. The highest BCUT2D eigenvalue weighted by Crippen LogP contribution is 2.22. The SMILES string of the molecule is CC1CCCC(C)N(C(=O)Nc2cccc(Br)c2)C1. The van der Waals surface area contributed by atoms with Crippen LogP contribution in [0.25, 0.3) is 0 Å². The van der Waals surface area contributed by atoms with Crippen molar-refractivity contribution < 1.29 is 4.79 Å². The molecule has 1 saturated heterocycles. The highest BCUT2D eigenvalue weighted by Gasteiger charge is 2.25. The van der Waals surface area contributed by atoms with Crippen LogP contribution < -0.4 is 5.32 Å². The second-order valence-electron chi connectivity index (χ2n) is 5.48. The normalized spacial score (nSPS) is 23.8. The minimum absolute atomic E-state index is 0.0133. The Hall–Kier alpha value is -1.03. The van der Waals surface area contributed by atoms with Crippen LogP contribution in [0.5, 0.6) is 0 Å². The van der Waals surface area contributed by atoms with Crippen molar-refractivity contribution in [3.8, 4) is 0 Å². The van der Waals surface area contributed by atoms with Gasteiger partial charge < -0.3 is 10.2 Å². The van der Waals surface area contributed by atoms with Gasteiger partial charge in [-0.05, 0) is 43.9 Å². The van der Waals surface area contributed by atoms with Crippen molar-refractivity contribution in [3.05, 3.63) is 28.7 Å². The number of likely N-dealkylation sites (tertiary alicyclic amines) is 1. The molecular weight excluding hydrogens is 304 g/mol. The molecule has 1 aromatic carbocycles. The minimum atomic E-state index is 0.0133. The third kappa shape index (κ3) is 3.96. The largest absolute Gasteiger partial charge is 0.322 e. The van der Waals surface area contributed by atoms with E-state index in [4.69, 9.17) is 0 Å². The smallest absolute Gasteiger partial charge is 0.322 e. The first-order valence-electron chi connectivity index (χ1n) is 6.89. The lowest BCUT2D eigenvalue weighted by Crippen LogP contribution is -2.42. The van der Waals surface area contributed by atoms with Gasteiger partial charge in [0.2, 0.25) is 0 Å². The fourth-order valence-corrected chi connectivity index (χ4v) is 2.97. The van der Waals surface area contributed by atoms with E-state index in [1.54, 1.807) is 0 Å². The van der Waals surface area contributed by atoms with Gasteiger partial charge in [-0.15, -0.1) is 0 Å². The first-order chi connectivity index (χ1) is 9.06. The molecule has 0 radical (unpaired) electrons. The van der Waals surface area contributed by atoms with Crippen LogP contribution in [0.3, 0.4) is 0 Å². The summed E-state index contributed by atoms with van der Waals surface area (Å²) in [5.41, 5.74) is 0.837. The van der Waals surface area contributed by atoms with Gasteiger partial charge in [0.05, 0.1) is 0 Å². The summed E-state index contributed by atoms with van der Waals surface area (Å²) in [6, 6.07) is 8.04. The lowest BCUT2D eigenvalue weighted by atomic mass is 10.1. The highest BCUT2D eigenvalue weighted by atomic mass is 79.9. The number of halogens is 1. The molecule has 0 saturated carbocycles. The Morgan fingerprint density at radius 3 is 2.89 bits per heavy atom. The molecule has 4 heteroatoms. The molecule has 1 heterocycles. The molecule has 2 atom stereocenters. The number of benzene rings is 1. The molecule has 0 bridgehead atoms. The van der Waals surface area contributed by atoms with Crippen molar-refractivity contribution in [2.24, 2.45) is 5.92 Å². The third-order valence-electron chi connectivity index (χ3n) is 3.70. The first-order valence-corrected chi connectivity index (χ1v) is 7.68. The van der Waals surface area contributed by atoms with Crippen LogP contribution in [0.4, 0.5) is 10.5 Å². The molecule has 0 spiro atoms. The molecule has 1 fully saturated rings. The second-order valence-corrected chi connectivity index (χ2v) is 6.39. The topological polar surface area (TPSA) is 32.3 Å². The van der Waals surface area contributed by atoms with Crippen molar-refractivity contribution in [2.45, 2.75) is 39.2 Å². The van der Waals surface area contributed by atoms with Gasteiger partial charge in [-0.2, -0.15) is 0 Å². The molecule has 104 valence electrons. The van der Waals surface area contributed by atoms with E-state index in [-0.39, 0.29) is 6.03 Å². The van der Waals surface area contributed by atoms with Crippen LogP contribution in [0.15, 0.2) is 28.7 Å². The van der Waals surface area contributed by atoms with Crippen LogP contribution >= 0.6 is 15.9 Å². The van der Waals surface area contributed by atoms with E-state index in [9.17, 15) is 4.79 Å². The number of nitrogens with one attached hydrogen (secondary N) is 1. The molecule has 1 aliphatic heterocycles. The zero-order valence-corrected chi connectivity index (χ0v) is 13.1. The number of hydrogen-bond donors (Lipinski definition) is 1. The molecule has 0 aliphatic carbocycles. The monoisotopic (exact) mass is 324 g/mol. The molecule has 1 N–H and O–H groups in total. The molecule has 1 aromatic rings. The molecule has 1 aliphatic rings. The van der Waals surface area contributed by atoms with E-state index in [0.29, 0.717) is 12.0 Å². The Labute approximate surface area is 123 Å². The van der Waals surface area contributed by atoms with E-state index < -0.39 is 0 Å². The number of anilines is 1. The first kappa shape index (κ1) is 14.4. The quantitative estimate of drug-likeness (QED) is 0.810. The lowest BCUT2D eigenvalue weighted by molar-refractivity contribution is 0.187. The second kappa shape index (κ2) is 6.42. The van der Waals surface area contributed by atoms with Gasteiger partial charge in [0, 0.05) is 22.7 Å². The van der Waals surface area contributed by atoms with Crippen LogP contribution in [0, 0.1) is 5.92 Å². The summed E-state index contributed by atoms with van der Waals surface area (Å²) in [5.74, 6) is 0.582. The maximum atomic E-state index is 12.4. The number of rotatable bonds is 1. The Kier molecular flexibility index (Phi) is 4.86. The summed E-state index contributed by atoms with van der Waals surface area (Å²) in [4.78, 5) is 14.4. The fraction of sp³-hybridized carbons (Fsp3) is 0.533. The maximum Gasteiger partial charge on any atom is 0.322 e. The minimum Gasteiger partial charge on any atom is -0.322 e. The molecule has 0 aromatic heterocycles. The zero-order valence-electron chi connectivity index (χ0n) is 11.5. The Morgan fingerprint density at radius 1 is 1.37 bits per heavy atom. The Balaban J connectivity index is 2.05. The number of carbonyl (C=O) groups excluding carboxylic acids is 1. The summed E-state index contributed by atoms with van der Waals surface area (Å²) < 4.78 is 0.975. The lowest BCUT2D eigenvalue weighted by Gasteiger charge is -2.28. The molecule has 19 heavy (non-hydrogen) atoms. The average Bonchev–Trinajstić information content (AvgIpc) is 2.51. The van der Waals surface area contributed by atoms with Crippen LogP contribution in [0.1, 0.15) is 33.1 Å².